The van der Waals surface area contributed by atoms with E-state index >= 15 is 0 Å². The van der Waals surface area contributed by atoms with Crippen molar-refractivity contribution >= 4 is 11.7 Å². The largest absolute Gasteiger partial charge is 0.338 e. The lowest BCUT2D eigenvalue weighted by molar-refractivity contribution is 0.252. The van der Waals surface area contributed by atoms with Gasteiger partial charge >= 0.3 is 6.03 Å². The molecule has 1 aromatic heterocycles. The smallest absolute Gasteiger partial charge is 0.319 e. The third kappa shape index (κ3) is 4.38. The number of carbonyl (C=O) groups is 1. The lowest BCUT2D eigenvalue weighted by Crippen LogP contribution is -2.29. The number of nitrogens with zero attached hydrogens (tertiary/aromatic N) is 2. The first-order chi connectivity index (χ1) is 9.78. The molecule has 0 radical (unpaired) electrons. The van der Waals surface area contributed by atoms with Gasteiger partial charge in [-0.05, 0) is 30.5 Å². The number of urea groups is 1. The molecule has 0 atom stereocenters. The van der Waals surface area contributed by atoms with Crippen molar-refractivity contribution < 1.29 is 4.79 Å². The lowest BCUT2D eigenvalue weighted by Gasteiger charge is -2.08. The Hall–Kier alpha value is -2.37. The second kappa shape index (κ2) is 7.28. The second-order valence-corrected chi connectivity index (χ2v) is 4.47. The summed E-state index contributed by atoms with van der Waals surface area (Å²) in [6.07, 6.45) is 4.02. The number of anilines is 1. The maximum absolute atomic E-state index is 11.7. The summed E-state index contributed by atoms with van der Waals surface area (Å²) in [7, 11) is 0. The highest BCUT2D eigenvalue weighted by Crippen LogP contribution is 2.10. The van der Waals surface area contributed by atoms with E-state index in [2.05, 4.69) is 32.7 Å². The second-order valence-electron chi connectivity index (χ2n) is 4.47. The van der Waals surface area contributed by atoms with Crippen molar-refractivity contribution in [3.8, 4) is 0 Å². The van der Waals surface area contributed by atoms with Crippen molar-refractivity contribution in [1.29, 1.82) is 0 Å². The fraction of sp³-hybridized carbons (Fsp3) is 0.357. The number of aromatic amines is 1. The number of H-pyrrole nitrogens is 1. The maximum atomic E-state index is 11.7. The molecule has 0 unspecified atom stereocenters. The predicted octanol–water partition coefficient (Wildman–Crippen LogP) is 2.12. The van der Waals surface area contributed by atoms with Gasteiger partial charge in [0.05, 0.1) is 0 Å². The maximum Gasteiger partial charge on any atom is 0.319 e. The van der Waals surface area contributed by atoms with E-state index in [1.54, 1.807) is 0 Å². The molecular weight excluding hydrogens is 254 g/mol. The number of hydrogen-bond acceptors (Lipinski definition) is 3. The zero-order chi connectivity index (χ0) is 14.2. The molecular formula is C14H19N5O. The summed E-state index contributed by atoms with van der Waals surface area (Å²) >= 11 is 0. The summed E-state index contributed by atoms with van der Waals surface area (Å²) in [6.45, 7) is 2.68. The highest BCUT2D eigenvalue weighted by Gasteiger charge is 2.02. The van der Waals surface area contributed by atoms with Gasteiger partial charge in [-0.2, -0.15) is 5.10 Å². The third-order valence-electron chi connectivity index (χ3n) is 2.93. The molecule has 1 aromatic carbocycles. The highest BCUT2D eigenvalue weighted by molar-refractivity contribution is 5.89. The Morgan fingerprint density at radius 2 is 2.30 bits per heavy atom. The summed E-state index contributed by atoms with van der Waals surface area (Å²) in [5, 5.41) is 12.2. The molecule has 6 nitrogen and oxygen atoms in total. The number of aryl methyl sites for hydroxylation is 2. The van der Waals surface area contributed by atoms with Crippen LogP contribution in [0.1, 0.15) is 24.7 Å². The van der Waals surface area contributed by atoms with Crippen LogP contribution in [0.3, 0.4) is 0 Å². The molecule has 0 spiro atoms. The summed E-state index contributed by atoms with van der Waals surface area (Å²) in [5.74, 6) is 0.836. The molecule has 0 aliphatic carbocycles. The number of carbonyl (C=O) groups excluding carboxylic acids is 1. The fourth-order valence-corrected chi connectivity index (χ4v) is 1.85. The molecule has 6 heteroatoms. The monoisotopic (exact) mass is 273 g/mol. The first kappa shape index (κ1) is 14.0. The van der Waals surface area contributed by atoms with Gasteiger partial charge in [0.1, 0.15) is 12.2 Å². The Morgan fingerprint density at radius 1 is 1.40 bits per heavy atom. The van der Waals surface area contributed by atoms with Gasteiger partial charge in [0.25, 0.3) is 0 Å². The van der Waals surface area contributed by atoms with Crippen molar-refractivity contribution in [2.45, 2.75) is 26.2 Å². The number of benzene rings is 1. The summed E-state index contributed by atoms with van der Waals surface area (Å²) in [5.41, 5.74) is 2.02. The molecule has 1 heterocycles. The molecule has 0 aliphatic heterocycles. The minimum atomic E-state index is -0.184. The summed E-state index contributed by atoms with van der Waals surface area (Å²) in [4.78, 5) is 15.7. The number of rotatable bonds is 6. The standard InChI is InChI=1S/C14H19N5O/c1-2-11-5-3-6-12(9-11)18-14(20)15-8-4-7-13-16-10-17-19-13/h3,5-6,9-10H,2,4,7-8H2,1H3,(H2,15,18,20)(H,16,17,19). The van der Waals surface area contributed by atoms with E-state index in [0.29, 0.717) is 6.54 Å². The van der Waals surface area contributed by atoms with Crippen molar-refractivity contribution in [1.82, 2.24) is 20.5 Å². The Balaban J connectivity index is 1.69. The van der Waals surface area contributed by atoms with Gasteiger partial charge in [-0.25, -0.2) is 9.78 Å². The van der Waals surface area contributed by atoms with E-state index in [0.717, 1.165) is 30.8 Å². The molecule has 106 valence electrons. The van der Waals surface area contributed by atoms with Crippen LogP contribution >= 0.6 is 0 Å². The summed E-state index contributed by atoms with van der Waals surface area (Å²) in [6, 6.07) is 7.66. The molecule has 0 fully saturated rings. The third-order valence-corrected chi connectivity index (χ3v) is 2.93. The number of hydrogen-bond donors (Lipinski definition) is 3. The van der Waals surface area contributed by atoms with Crippen LogP contribution in [0.5, 0.6) is 0 Å². The quantitative estimate of drug-likeness (QED) is 0.705. The highest BCUT2D eigenvalue weighted by atomic mass is 16.2. The van der Waals surface area contributed by atoms with Crippen molar-refractivity contribution in [2.75, 3.05) is 11.9 Å². The van der Waals surface area contributed by atoms with Gasteiger partial charge in [0, 0.05) is 18.7 Å². The average Bonchev–Trinajstić information content (AvgIpc) is 2.97. The molecule has 0 saturated carbocycles. The van der Waals surface area contributed by atoms with E-state index in [9.17, 15) is 4.79 Å². The van der Waals surface area contributed by atoms with Crippen molar-refractivity contribution in [3.05, 3.63) is 42.0 Å². The topological polar surface area (TPSA) is 82.7 Å². The lowest BCUT2D eigenvalue weighted by atomic mass is 10.1. The minimum Gasteiger partial charge on any atom is -0.338 e. The average molecular weight is 273 g/mol. The van der Waals surface area contributed by atoms with E-state index in [1.807, 2.05) is 24.3 Å². The zero-order valence-electron chi connectivity index (χ0n) is 11.5. The van der Waals surface area contributed by atoms with Crippen molar-refractivity contribution in [2.24, 2.45) is 0 Å². The Kier molecular flexibility index (Phi) is 5.11. The minimum absolute atomic E-state index is 0.184. The van der Waals surface area contributed by atoms with Crippen LogP contribution in [0.4, 0.5) is 10.5 Å². The molecule has 20 heavy (non-hydrogen) atoms. The Bertz CT molecular complexity index is 538. The van der Waals surface area contributed by atoms with Crippen LogP contribution in [0.2, 0.25) is 0 Å². The van der Waals surface area contributed by atoms with E-state index in [-0.39, 0.29) is 6.03 Å². The Labute approximate surface area is 118 Å². The van der Waals surface area contributed by atoms with Gasteiger partial charge in [-0.3, -0.25) is 5.10 Å². The van der Waals surface area contributed by atoms with Gasteiger partial charge < -0.3 is 10.6 Å². The van der Waals surface area contributed by atoms with Gasteiger partial charge in [-0.1, -0.05) is 19.1 Å². The van der Waals surface area contributed by atoms with Crippen LogP contribution in [-0.4, -0.2) is 27.8 Å². The van der Waals surface area contributed by atoms with Crippen LogP contribution in [0.25, 0.3) is 0 Å². The van der Waals surface area contributed by atoms with Crippen LogP contribution in [0.15, 0.2) is 30.6 Å². The van der Waals surface area contributed by atoms with Crippen molar-refractivity contribution in [3.63, 3.8) is 0 Å². The van der Waals surface area contributed by atoms with E-state index in [1.165, 1.54) is 11.9 Å². The van der Waals surface area contributed by atoms with Gasteiger partial charge in [0.15, 0.2) is 0 Å². The molecule has 2 rings (SSSR count). The normalized spacial score (nSPS) is 10.2. The molecule has 3 N–H and O–H groups in total. The fourth-order valence-electron chi connectivity index (χ4n) is 1.85. The molecule has 2 aromatic rings. The predicted molar refractivity (Wildman–Crippen MR) is 77.5 cm³/mol. The SMILES string of the molecule is CCc1cccc(NC(=O)NCCCc2ncn[nH]2)c1. The molecule has 0 bridgehead atoms. The Morgan fingerprint density at radius 3 is 3.05 bits per heavy atom. The molecule has 0 aliphatic rings. The number of aromatic nitrogens is 3. The van der Waals surface area contributed by atoms with Crippen LogP contribution in [-0.2, 0) is 12.8 Å². The number of nitrogens with one attached hydrogen (secondary N) is 3. The zero-order valence-corrected chi connectivity index (χ0v) is 11.5. The molecule has 0 saturated heterocycles. The van der Waals surface area contributed by atoms with Gasteiger partial charge in [-0.15, -0.1) is 0 Å². The van der Waals surface area contributed by atoms with E-state index in [4.69, 9.17) is 0 Å². The van der Waals surface area contributed by atoms with E-state index < -0.39 is 0 Å². The van der Waals surface area contributed by atoms with Crippen LogP contribution in [0, 0.1) is 0 Å². The molecule has 2 amide bonds. The summed E-state index contributed by atoms with van der Waals surface area (Å²) < 4.78 is 0. The first-order valence-electron chi connectivity index (χ1n) is 6.76. The number of amides is 2. The van der Waals surface area contributed by atoms with Gasteiger partial charge in [0.2, 0.25) is 0 Å². The first-order valence-corrected chi connectivity index (χ1v) is 6.76. The van der Waals surface area contributed by atoms with Crippen LogP contribution < -0.4 is 10.6 Å².